The summed E-state index contributed by atoms with van der Waals surface area (Å²) >= 11 is 0. The molecule has 0 unspecified atom stereocenters. The van der Waals surface area contributed by atoms with Crippen LogP contribution >= 0.6 is 0 Å². The fraction of sp³-hybridized carbons (Fsp3) is 0.250. The summed E-state index contributed by atoms with van der Waals surface area (Å²) in [5, 5.41) is 7.54. The molecule has 0 aliphatic carbocycles. The molecule has 152 valence electrons. The van der Waals surface area contributed by atoms with E-state index in [9.17, 15) is 18.0 Å². The molecule has 0 spiro atoms. The first kappa shape index (κ1) is 20.7. The quantitative estimate of drug-likeness (QED) is 0.680. The molecule has 0 saturated carbocycles. The summed E-state index contributed by atoms with van der Waals surface area (Å²) in [4.78, 5) is 25.1. The van der Waals surface area contributed by atoms with Gasteiger partial charge in [-0.3, -0.25) is 9.59 Å². The van der Waals surface area contributed by atoms with Gasteiger partial charge in [-0.05, 0) is 45.0 Å². The standard InChI is InChI=1S/C20H22N4O4S/c1-20(2,3)23-29(27,28)14-9-7-8-13(12-14)21-18(25)17-15-10-5-6-11-16(15)19(26)24(4)22-17/h5-12,23H,1-4H3,(H,21,25). The van der Waals surface area contributed by atoms with Crippen LogP contribution in [0.15, 0.2) is 58.2 Å². The lowest BCUT2D eigenvalue weighted by Gasteiger charge is -2.20. The van der Waals surface area contributed by atoms with Gasteiger partial charge in [-0.2, -0.15) is 5.10 Å². The van der Waals surface area contributed by atoms with Crippen LogP contribution in [0.5, 0.6) is 0 Å². The van der Waals surface area contributed by atoms with Crippen molar-refractivity contribution in [1.82, 2.24) is 14.5 Å². The second-order valence-corrected chi connectivity index (χ2v) is 9.34. The van der Waals surface area contributed by atoms with E-state index in [0.29, 0.717) is 16.5 Å². The lowest BCUT2D eigenvalue weighted by Crippen LogP contribution is -2.40. The lowest BCUT2D eigenvalue weighted by molar-refractivity contribution is 0.102. The first-order chi connectivity index (χ1) is 13.5. The van der Waals surface area contributed by atoms with Crippen molar-refractivity contribution >= 4 is 32.4 Å². The van der Waals surface area contributed by atoms with E-state index in [1.54, 1.807) is 57.2 Å². The summed E-state index contributed by atoms with van der Waals surface area (Å²) in [6, 6.07) is 12.6. The van der Waals surface area contributed by atoms with Gasteiger partial charge in [-0.1, -0.05) is 24.3 Å². The average molecular weight is 414 g/mol. The number of carbonyl (C=O) groups excluding carboxylic acids is 1. The Morgan fingerprint density at radius 3 is 2.34 bits per heavy atom. The fourth-order valence-electron chi connectivity index (χ4n) is 2.86. The summed E-state index contributed by atoms with van der Waals surface area (Å²) in [5.41, 5.74) is -0.579. The lowest BCUT2D eigenvalue weighted by atomic mass is 10.1. The van der Waals surface area contributed by atoms with Gasteiger partial charge >= 0.3 is 0 Å². The van der Waals surface area contributed by atoms with E-state index in [1.165, 1.54) is 19.2 Å². The molecule has 3 rings (SSSR count). The van der Waals surface area contributed by atoms with Crippen LogP contribution in [0.2, 0.25) is 0 Å². The first-order valence-corrected chi connectivity index (χ1v) is 10.4. The first-order valence-electron chi connectivity index (χ1n) is 8.89. The minimum Gasteiger partial charge on any atom is -0.321 e. The van der Waals surface area contributed by atoms with Crippen LogP contribution < -0.4 is 15.6 Å². The number of rotatable bonds is 4. The Bertz CT molecular complexity index is 1260. The van der Waals surface area contributed by atoms with Gasteiger partial charge in [0, 0.05) is 23.7 Å². The Balaban J connectivity index is 1.96. The minimum atomic E-state index is -3.75. The van der Waals surface area contributed by atoms with Crippen molar-refractivity contribution in [3.8, 4) is 0 Å². The largest absolute Gasteiger partial charge is 0.321 e. The minimum absolute atomic E-state index is 0.0310. The van der Waals surface area contributed by atoms with Gasteiger partial charge in [0.1, 0.15) is 0 Å². The highest BCUT2D eigenvalue weighted by atomic mass is 32.2. The predicted molar refractivity (Wildman–Crippen MR) is 111 cm³/mol. The third-order valence-electron chi connectivity index (χ3n) is 4.01. The molecule has 0 atom stereocenters. The molecule has 0 radical (unpaired) electrons. The smallest absolute Gasteiger partial charge is 0.276 e. The molecule has 29 heavy (non-hydrogen) atoms. The summed E-state index contributed by atoms with van der Waals surface area (Å²) in [6.45, 7) is 5.23. The van der Waals surface area contributed by atoms with Gasteiger partial charge in [-0.25, -0.2) is 17.8 Å². The maximum Gasteiger partial charge on any atom is 0.276 e. The Kier molecular flexibility index (Phi) is 5.29. The zero-order chi connectivity index (χ0) is 21.4. The molecule has 0 aliphatic rings. The molecule has 3 aromatic rings. The zero-order valence-corrected chi connectivity index (χ0v) is 17.4. The Morgan fingerprint density at radius 2 is 1.69 bits per heavy atom. The molecule has 1 amide bonds. The molecule has 2 N–H and O–H groups in total. The van der Waals surface area contributed by atoms with Crippen molar-refractivity contribution in [3.63, 3.8) is 0 Å². The molecule has 0 bridgehead atoms. The van der Waals surface area contributed by atoms with Crippen LogP contribution in [-0.4, -0.2) is 29.6 Å². The van der Waals surface area contributed by atoms with Crippen molar-refractivity contribution in [2.24, 2.45) is 7.05 Å². The molecule has 0 saturated heterocycles. The normalized spacial score (nSPS) is 12.1. The average Bonchev–Trinajstić information content (AvgIpc) is 2.63. The second-order valence-electron chi connectivity index (χ2n) is 7.66. The van der Waals surface area contributed by atoms with Gasteiger partial charge in [0.15, 0.2) is 5.69 Å². The highest BCUT2D eigenvalue weighted by molar-refractivity contribution is 7.89. The maximum atomic E-state index is 12.8. The number of benzene rings is 2. The zero-order valence-electron chi connectivity index (χ0n) is 16.6. The molecule has 9 heteroatoms. The van der Waals surface area contributed by atoms with Gasteiger partial charge in [-0.15, -0.1) is 0 Å². The number of sulfonamides is 1. The number of fused-ring (bicyclic) bond motifs is 1. The van der Waals surface area contributed by atoms with Crippen LogP contribution in [0.4, 0.5) is 5.69 Å². The summed E-state index contributed by atoms with van der Waals surface area (Å²) in [7, 11) is -2.28. The summed E-state index contributed by atoms with van der Waals surface area (Å²) < 4.78 is 28.8. The third-order valence-corrected chi connectivity index (χ3v) is 5.77. The summed E-state index contributed by atoms with van der Waals surface area (Å²) in [5.74, 6) is -0.546. The van der Waals surface area contributed by atoms with E-state index in [0.717, 1.165) is 4.68 Å². The van der Waals surface area contributed by atoms with Crippen molar-refractivity contribution < 1.29 is 13.2 Å². The number of nitrogens with one attached hydrogen (secondary N) is 2. The highest BCUT2D eigenvalue weighted by Gasteiger charge is 2.22. The highest BCUT2D eigenvalue weighted by Crippen LogP contribution is 2.19. The van der Waals surface area contributed by atoms with Crippen LogP contribution in [0.3, 0.4) is 0 Å². The molecular formula is C20H22N4O4S. The number of carbonyl (C=O) groups is 1. The van der Waals surface area contributed by atoms with Crippen molar-refractivity contribution in [2.75, 3.05) is 5.32 Å². The van der Waals surface area contributed by atoms with Crippen LogP contribution in [-0.2, 0) is 17.1 Å². The van der Waals surface area contributed by atoms with Crippen molar-refractivity contribution in [2.45, 2.75) is 31.2 Å². The Morgan fingerprint density at radius 1 is 1.03 bits per heavy atom. The number of hydrogen-bond donors (Lipinski definition) is 2. The van der Waals surface area contributed by atoms with E-state index in [-0.39, 0.29) is 16.1 Å². The monoisotopic (exact) mass is 414 g/mol. The van der Waals surface area contributed by atoms with Crippen molar-refractivity contribution in [3.05, 3.63) is 64.6 Å². The SMILES string of the molecule is Cn1nc(C(=O)Nc2cccc(S(=O)(=O)NC(C)(C)C)c2)c2ccccc2c1=O. The van der Waals surface area contributed by atoms with Gasteiger partial charge in [0.05, 0.1) is 10.3 Å². The third kappa shape index (κ3) is 4.52. The van der Waals surface area contributed by atoms with E-state index in [4.69, 9.17) is 0 Å². The molecule has 1 aromatic heterocycles. The topological polar surface area (TPSA) is 110 Å². The van der Waals surface area contributed by atoms with Gasteiger partial charge in [0.2, 0.25) is 10.0 Å². The molecule has 8 nitrogen and oxygen atoms in total. The van der Waals surface area contributed by atoms with Crippen molar-refractivity contribution in [1.29, 1.82) is 0 Å². The van der Waals surface area contributed by atoms with Crippen LogP contribution in [0, 0.1) is 0 Å². The van der Waals surface area contributed by atoms with Crippen LogP contribution in [0.1, 0.15) is 31.3 Å². The molecule has 0 aliphatic heterocycles. The predicted octanol–water partition coefficient (Wildman–Crippen LogP) is 2.26. The Labute approximate surface area is 168 Å². The molecule has 2 aromatic carbocycles. The maximum absolute atomic E-state index is 12.8. The van der Waals surface area contributed by atoms with Gasteiger partial charge in [0.25, 0.3) is 11.5 Å². The van der Waals surface area contributed by atoms with E-state index in [1.807, 2.05) is 0 Å². The number of nitrogens with zero attached hydrogens (tertiary/aromatic N) is 2. The van der Waals surface area contributed by atoms with E-state index >= 15 is 0 Å². The fourth-order valence-corrected chi connectivity index (χ4v) is 4.32. The van der Waals surface area contributed by atoms with Gasteiger partial charge < -0.3 is 5.32 Å². The van der Waals surface area contributed by atoms with E-state index < -0.39 is 21.5 Å². The molecular weight excluding hydrogens is 392 g/mol. The number of aryl methyl sites for hydroxylation is 1. The van der Waals surface area contributed by atoms with E-state index in [2.05, 4.69) is 15.1 Å². The van der Waals surface area contributed by atoms with Crippen LogP contribution in [0.25, 0.3) is 10.8 Å². The number of anilines is 1. The number of hydrogen-bond acceptors (Lipinski definition) is 5. The number of aromatic nitrogens is 2. The Hall–Kier alpha value is -3.04. The number of amides is 1. The molecule has 0 fully saturated rings. The molecule has 1 heterocycles. The summed E-state index contributed by atoms with van der Waals surface area (Å²) in [6.07, 6.45) is 0. The second kappa shape index (κ2) is 7.41.